The molecule has 0 aromatic carbocycles. The van der Waals surface area contributed by atoms with E-state index in [4.69, 9.17) is 0 Å². The lowest BCUT2D eigenvalue weighted by molar-refractivity contribution is -0.115. The fourth-order valence-corrected chi connectivity index (χ4v) is 3.70. The van der Waals surface area contributed by atoms with Crippen molar-refractivity contribution in [2.75, 3.05) is 0 Å². The normalized spacial score (nSPS) is 41.3. The Morgan fingerprint density at radius 2 is 2.12 bits per heavy atom. The third-order valence-corrected chi connectivity index (χ3v) is 4.99. The molecule has 0 radical (unpaired) electrons. The van der Waals surface area contributed by atoms with Gasteiger partial charge in [-0.15, -0.1) is 0 Å². The molecule has 0 amide bonds. The molecule has 0 spiro atoms. The third kappa shape index (κ3) is 1.97. The first kappa shape index (κ1) is 12.8. The Balaban J connectivity index is 2.33. The molecule has 0 aliphatic heterocycles. The molecular formula is C15H24O2. The predicted molar refractivity (Wildman–Crippen MR) is 68.5 cm³/mol. The Morgan fingerprint density at radius 1 is 1.47 bits per heavy atom. The molecular weight excluding hydrogens is 212 g/mol. The second-order valence-electron chi connectivity index (χ2n) is 6.33. The molecule has 4 atom stereocenters. The van der Waals surface area contributed by atoms with E-state index in [1.54, 1.807) is 6.92 Å². The van der Waals surface area contributed by atoms with E-state index < -0.39 is 5.60 Å². The van der Waals surface area contributed by atoms with Crippen molar-refractivity contribution >= 4 is 5.78 Å². The predicted octanol–water partition coefficient (Wildman–Crippen LogP) is 2.95. The maximum atomic E-state index is 11.5. The first-order valence-corrected chi connectivity index (χ1v) is 6.80. The molecule has 0 aromatic heterocycles. The van der Waals surface area contributed by atoms with Crippen LogP contribution >= 0.6 is 0 Å². The zero-order valence-corrected chi connectivity index (χ0v) is 11.4. The lowest BCUT2D eigenvalue weighted by atomic mass is 9.62. The molecule has 1 fully saturated rings. The van der Waals surface area contributed by atoms with Gasteiger partial charge in [0, 0.05) is 12.3 Å². The molecule has 0 saturated heterocycles. The van der Waals surface area contributed by atoms with Crippen LogP contribution in [0.15, 0.2) is 11.6 Å². The Labute approximate surface area is 104 Å². The monoisotopic (exact) mass is 236 g/mol. The first-order valence-electron chi connectivity index (χ1n) is 6.80. The van der Waals surface area contributed by atoms with Gasteiger partial charge in [0.1, 0.15) is 0 Å². The average molecular weight is 236 g/mol. The van der Waals surface area contributed by atoms with Crippen LogP contribution in [0.4, 0.5) is 0 Å². The molecule has 0 unspecified atom stereocenters. The van der Waals surface area contributed by atoms with Crippen LogP contribution in [0.1, 0.15) is 47.0 Å². The Hall–Kier alpha value is -0.630. The van der Waals surface area contributed by atoms with Crippen LogP contribution in [0.2, 0.25) is 0 Å². The zero-order chi connectivity index (χ0) is 12.8. The van der Waals surface area contributed by atoms with Gasteiger partial charge in [-0.3, -0.25) is 4.79 Å². The van der Waals surface area contributed by atoms with Crippen LogP contribution in [0.5, 0.6) is 0 Å². The van der Waals surface area contributed by atoms with E-state index in [2.05, 4.69) is 26.8 Å². The van der Waals surface area contributed by atoms with Gasteiger partial charge in [-0.05, 0) is 43.1 Å². The van der Waals surface area contributed by atoms with E-state index in [0.29, 0.717) is 24.2 Å². The number of aliphatic hydroxyl groups is 1. The molecule has 2 heteroatoms. The van der Waals surface area contributed by atoms with E-state index in [1.807, 2.05) is 0 Å². The largest absolute Gasteiger partial charge is 0.389 e. The summed E-state index contributed by atoms with van der Waals surface area (Å²) in [6.45, 7) is 8.18. The Bertz CT molecular complexity index is 356. The lowest BCUT2D eigenvalue weighted by Crippen LogP contribution is -2.48. The summed E-state index contributed by atoms with van der Waals surface area (Å²) in [4.78, 5) is 11.5. The molecule has 2 aliphatic rings. The summed E-state index contributed by atoms with van der Waals surface area (Å²) in [6.07, 6.45) is 4.89. The van der Waals surface area contributed by atoms with Gasteiger partial charge in [0.05, 0.1) is 5.60 Å². The maximum Gasteiger partial charge on any atom is 0.155 e. The number of fused-ring (bicyclic) bond motifs is 1. The summed E-state index contributed by atoms with van der Waals surface area (Å²) in [5.74, 6) is 1.71. The highest BCUT2D eigenvalue weighted by atomic mass is 16.3. The standard InChI is InChI=1S/C15H24O2/c1-9(2)13-6-5-10(3)15(17)8-12(11(4)16)7-14(13)15/h7,9-10,13-14,17H,5-6,8H2,1-4H3/t10-,13+,14-,15-/m1/s1. The lowest BCUT2D eigenvalue weighted by Gasteiger charge is -2.46. The SMILES string of the molecule is CC(=O)C1=C[C@@H]2[C@H](C(C)C)CC[C@@H](C)[C@]2(O)C1. The van der Waals surface area contributed by atoms with E-state index in [0.717, 1.165) is 12.0 Å². The van der Waals surface area contributed by atoms with E-state index in [1.165, 1.54) is 6.42 Å². The number of carbonyl (C=O) groups excluding carboxylic acids is 1. The van der Waals surface area contributed by atoms with Crippen LogP contribution in [0.25, 0.3) is 0 Å². The van der Waals surface area contributed by atoms with E-state index >= 15 is 0 Å². The molecule has 2 nitrogen and oxygen atoms in total. The highest BCUT2D eigenvalue weighted by molar-refractivity contribution is 5.94. The Kier molecular flexibility index (Phi) is 3.19. The minimum Gasteiger partial charge on any atom is -0.389 e. The van der Waals surface area contributed by atoms with Crippen molar-refractivity contribution in [2.45, 2.75) is 52.6 Å². The molecule has 0 aromatic rings. The van der Waals surface area contributed by atoms with Gasteiger partial charge in [-0.25, -0.2) is 0 Å². The van der Waals surface area contributed by atoms with Gasteiger partial charge >= 0.3 is 0 Å². The van der Waals surface area contributed by atoms with Gasteiger partial charge in [-0.2, -0.15) is 0 Å². The molecule has 1 saturated carbocycles. The zero-order valence-electron chi connectivity index (χ0n) is 11.4. The van der Waals surface area contributed by atoms with Gasteiger partial charge in [0.25, 0.3) is 0 Å². The summed E-state index contributed by atoms with van der Waals surface area (Å²) in [7, 11) is 0. The fourth-order valence-electron chi connectivity index (χ4n) is 3.70. The number of hydrogen-bond acceptors (Lipinski definition) is 2. The van der Waals surface area contributed by atoms with Crippen molar-refractivity contribution in [1.82, 2.24) is 0 Å². The molecule has 17 heavy (non-hydrogen) atoms. The molecule has 0 bridgehead atoms. The molecule has 0 heterocycles. The minimum atomic E-state index is -0.659. The van der Waals surface area contributed by atoms with Crippen LogP contribution in [0, 0.1) is 23.7 Å². The summed E-state index contributed by atoms with van der Waals surface area (Å²) in [6, 6.07) is 0. The number of Topliss-reactive ketones (excluding diaryl/α,β-unsaturated/α-hetero) is 1. The summed E-state index contributed by atoms with van der Waals surface area (Å²) < 4.78 is 0. The smallest absolute Gasteiger partial charge is 0.155 e. The summed E-state index contributed by atoms with van der Waals surface area (Å²) in [5.41, 5.74) is 0.186. The Morgan fingerprint density at radius 3 is 2.65 bits per heavy atom. The molecule has 96 valence electrons. The van der Waals surface area contributed by atoms with Crippen molar-refractivity contribution in [2.24, 2.45) is 23.7 Å². The second kappa shape index (κ2) is 4.24. The third-order valence-electron chi connectivity index (χ3n) is 4.99. The molecule has 2 rings (SSSR count). The second-order valence-corrected chi connectivity index (χ2v) is 6.33. The maximum absolute atomic E-state index is 11.5. The topological polar surface area (TPSA) is 37.3 Å². The quantitative estimate of drug-likeness (QED) is 0.800. The van der Waals surface area contributed by atoms with Crippen molar-refractivity contribution in [3.8, 4) is 0 Å². The number of hydrogen-bond donors (Lipinski definition) is 1. The highest BCUT2D eigenvalue weighted by Crippen LogP contribution is 2.52. The van der Waals surface area contributed by atoms with Crippen LogP contribution in [-0.4, -0.2) is 16.5 Å². The number of ketones is 1. The van der Waals surface area contributed by atoms with Crippen LogP contribution < -0.4 is 0 Å². The summed E-state index contributed by atoms with van der Waals surface area (Å²) >= 11 is 0. The molecule has 1 N–H and O–H groups in total. The van der Waals surface area contributed by atoms with Crippen LogP contribution in [0.3, 0.4) is 0 Å². The average Bonchev–Trinajstić information content (AvgIpc) is 2.58. The van der Waals surface area contributed by atoms with Crippen LogP contribution in [-0.2, 0) is 4.79 Å². The van der Waals surface area contributed by atoms with Crippen molar-refractivity contribution in [1.29, 1.82) is 0 Å². The number of rotatable bonds is 2. The number of carbonyl (C=O) groups is 1. The van der Waals surface area contributed by atoms with E-state index in [-0.39, 0.29) is 11.7 Å². The van der Waals surface area contributed by atoms with Crippen molar-refractivity contribution in [3.05, 3.63) is 11.6 Å². The minimum absolute atomic E-state index is 0.127. The summed E-state index contributed by atoms with van der Waals surface area (Å²) in [5, 5.41) is 10.9. The first-order chi connectivity index (χ1) is 7.86. The van der Waals surface area contributed by atoms with Gasteiger partial charge < -0.3 is 5.11 Å². The van der Waals surface area contributed by atoms with E-state index in [9.17, 15) is 9.90 Å². The highest BCUT2D eigenvalue weighted by Gasteiger charge is 2.52. The fraction of sp³-hybridized carbons (Fsp3) is 0.800. The van der Waals surface area contributed by atoms with Gasteiger partial charge in [-0.1, -0.05) is 26.8 Å². The van der Waals surface area contributed by atoms with Crippen molar-refractivity contribution in [3.63, 3.8) is 0 Å². The van der Waals surface area contributed by atoms with Crippen molar-refractivity contribution < 1.29 is 9.90 Å². The molecule has 2 aliphatic carbocycles. The van der Waals surface area contributed by atoms with Gasteiger partial charge in [0.2, 0.25) is 0 Å². The van der Waals surface area contributed by atoms with Gasteiger partial charge in [0.15, 0.2) is 5.78 Å².